The second-order valence-electron chi connectivity index (χ2n) is 5.64. The number of alkyl halides is 3. The molecule has 2 heterocycles. The van der Waals surface area contributed by atoms with E-state index in [0.717, 1.165) is 17.3 Å². The molecule has 24 heavy (non-hydrogen) atoms. The molecule has 1 amide bonds. The van der Waals surface area contributed by atoms with Crippen LogP contribution in [0.5, 0.6) is 0 Å². The monoisotopic (exact) mass is 343 g/mol. The predicted molar refractivity (Wildman–Crippen MR) is 81.2 cm³/mol. The number of halogens is 3. The first-order valence-electron chi connectivity index (χ1n) is 7.56. The van der Waals surface area contributed by atoms with Crippen LogP contribution in [0.4, 0.5) is 13.2 Å². The fraction of sp³-hybridized carbons (Fsp3) is 0.533. The number of nitrogens with zero attached hydrogens (tertiary/aromatic N) is 4. The third kappa shape index (κ3) is 3.95. The first-order valence-corrected chi connectivity index (χ1v) is 7.56. The van der Waals surface area contributed by atoms with Crippen molar-refractivity contribution in [3.63, 3.8) is 0 Å². The summed E-state index contributed by atoms with van der Waals surface area (Å²) >= 11 is 0. The van der Waals surface area contributed by atoms with E-state index < -0.39 is 24.3 Å². The van der Waals surface area contributed by atoms with E-state index in [-0.39, 0.29) is 11.7 Å². The summed E-state index contributed by atoms with van der Waals surface area (Å²) in [6, 6.07) is 0.565. The van der Waals surface area contributed by atoms with Crippen molar-refractivity contribution in [2.24, 2.45) is 0 Å². The molecule has 2 rings (SSSR count). The maximum absolute atomic E-state index is 12.9. The van der Waals surface area contributed by atoms with Crippen molar-refractivity contribution in [3.05, 3.63) is 34.9 Å². The van der Waals surface area contributed by atoms with Crippen molar-refractivity contribution in [3.8, 4) is 0 Å². The molecular weight excluding hydrogens is 323 g/mol. The van der Waals surface area contributed by atoms with Crippen LogP contribution >= 0.6 is 0 Å². The molecule has 132 valence electrons. The standard InChI is InChI=1S/C15H20F3N5O/c1-5-22-7-12(11(4)21-22)10(3)19-14(24)8-23-13(15(16,17)18)6-9(2)20-23/h6-7,10H,5,8H2,1-4H3,(H,19,24). The van der Waals surface area contributed by atoms with Gasteiger partial charge in [-0.2, -0.15) is 23.4 Å². The van der Waals surface area contributed by atoms with Crippen molar-refractivity contribution in [2.75, 3.05) is 0 Å². The SMILES string of the molecule is CCn1cc(C(C)NC(=O)Cn2nc(C)cc2C(F)(F)F)c(C)n1. The van der Waals surface area contributed by atoms with Gasteiger partial charge in [-0.1, -0.05) is 0 Å². The third-order valence-corrected chi connectivity index (χ3v) is 3.64. The van der Waals surface area contributed by atoms with Crippen molar-refractivity contribution in [2.45, 2.75) is 53.0 Å². The predicted octanol–water partition coefficient (Wildman–Crippen LogP) is 2.61. The van der Waals surface area contributed by atoms with Gasteiger partial charge in [-0.25, -0.2) is 0 Å². The molecule has 1 atom stereocenters. The molecule has 9 heteroatoms. The number of carbonyl (C=O) groups excluding carboxylic acids is 1. The van der Waals surface area contributed by atoms with Gasteiger partial charge in [0.1, 0.15) is 12.2 Å². The van der Waals surface area contributed by atoms with E-state index >= 15 is 0 Å². The average molecular weight is 343 g/mol. The fourth-order valence-electron chi connectivity index (χ4n) is 2.52. The summed E-state index contributed by atoms with van der Waals surface area (Å²) < 4.78 is 41.2. The molecule has 1 unspecified atom stereocenters. The van der Waals surface area contributed by atoms with E-state index in [2.05, 4.69) is 15.5 Å². The van der Waals surface area contributed by atoms with Gasteiger partial charge in [0.2, 0.25) is 5.91 Å². The van der Waals surface area contributed by atoms with Crippen molar-refractivity contribution in [1.82, 2.24) is 24.9 Å². The Morgan fingerprint density at radius 1 is 1.33 bits per heavy atom. The molecule has 0 aliphatic carbocycles. The van der Waals surface area contributed by atoms with Gasteiger partial charge < -0.3 is 5.32 Å². The first-order chi connectivity index (χ1) is 11.1. The summed E-state index contributed by atoms with van der Waals surface area (Å²) in [6.07, 6.45) is -2.73. The summed E-state index contributed by atoms with van der Waals surface area (Å²) in [6.45, 7) is 7.19. The zero-order valence-corrected chi connectivity index (χ0v) is 14.0. The highest BCUT2D eigenvalue weighted by atomic mass is 19.4. The van der Waals surface area contributed by atoms with Gasteiger partial charge in [-0.05, 0) is 33.8 Å². The molecule has 0 spiro atoms. The van der Waals surface area contributed by atoms with Gasteiger partial charge in [-0.3, -0.25) is 14.2 Å². The smallest absolute Gasteiger partial charge is 0.348 e. The lowest BCUT2D eigenvalue weighted by Gasteiger charge is -2.15. The van der Waals surface area contributed by atoms with Gasteiger partial charge in [-0.15, -0.1) is 0 Å². The lowest BCUT2D eigenvalue weighted by Crippen LogP contribution is -2.32. The molecule has 6 nitrogen and oxygen atoms in total. The molecule has 0 aromatic carbocycles. The quantitative estimate of drug-likeness (QED) is 0.908. The van der Waals surface area contributed by atoms with Crippen molar-refractivity contribution >= 4 is 5.91 Å². The highest BCUT2D eigenvalue weighted by molar-refractivity contribution is 5.76. The molecule has 0 aliphatic rings. The lowest BCUT2D eigenvalue weighted by atomic mass is 10.1. The molecule has 0 saturated heterocycles. The number of carbonyl (C=O) groups is 1. The first kappa shape index (κ1) is 18.0. The summed E-state index contributed by atoms with van der Waals surface area (Å²) in [5.74, 6) is -0.542. The Bertz CT molecular complexity index is 732. The zero-order chi connectivity index (χ0) is 18.1. The Morgan fingerprint density at radius 3 is 2.54 bits per heavy atom. The third-order valence-electron chi connectivity index (χ3n) is 3.64. The van der Waals surface area contributed by atoms with E-state index in [1.165, 1.54) is 6.92 Å². The zero-order valence-electron chi connectivity index (χ0n) is 14.0. The molecule has 0 aliphatic heterocycles. The second-order valence-corrected chi connectivity index (χ2v) is 5.64. The van der Waals surface area contributed by atoms with Crippen LogP contribution in [0.2, 0.25) is 0 Å². The minimum absolute atomic E-state index is 0.211. The van der Waals surface area contributed by atoms with Gasteiger partial charge in [0.05, 0.1) is 17.4 Å². The molecule has 1 N–H and O–H groups in total. The van der Waals surface area contributed by atoms with Gasteiger partial charge in [0.15, 0.2) is 0 Å². The molecular formula is C15H20F3N5O. The number of hydrogen-bond donors (Lipinski definition) is 1. The van der Waals surface area contributed by atoms with Gasteiger partial charge >= 0.3 is 6.18 Å². The van der Waals surface area contributed by atoms with Crippen molar-refractivity contribution < 1.29 is 18.0 Å². The number of aryl methyl sites for hydroxylation is 3. The number of rotatable bonds is 5. The van der Waals surface area contributed by atoms with Crippen LogP contribution in [0.1, 0.15) is 42.5 Å². The largest absolute Gasteiger partial charge is 0.433 e. The Balaban J connectivity index is 2.09. The highest BCUT2D eigenvalue weighted by Gasteiger charge is 2.35. The maximum Gasteiger partial charge on any atom is 0.433 e. The summed E-state index contributed by atoms with van der Waals surface area (Å²) in [7, 11) is 0. The van der Waals surface area contributed by atoms with E-state index in [4.69, 9.17) is 0 Å². The Morgan fingerprint density at radius 2 is 2.00 bits per heavy atom. The second kappa shape index (κ2) is 6.66. The minimum Gasteiger partial charge on any atom is -0.348 e. The number of amides is 1. The van der Waals surface area contributed by atoms with E-state index in [0.29, 0.717) is 11.2 Å². The number of hydrogen-bond acceptors (Lipinski definition) is 3. The van der Waals surface area contributed by atoms with Crippen molar-refractivity contribution in [1.29, 1.82) is 0 Å². The molecule has 2 aromatic heterocycles. The Kier molecular flexibility index (Phi) is 5.00. The van der Waals surface area contributed by atoms with Crippen LogP contribution in [0.3, 0.4) is 0 Å². The van der Waals surface area contributed by atoms with Crippen LogP contribution in [0.25, 0.3) is 0 Å². The van der Waals surface area contributed by atoms with E-state index in [1.807, 2.05) is 20.0 Å². The van der Waals surface area contributed by atoms with Crippen LogP contribution in [0, 0.1) is 13.8 Å². The molecule has 0 bridgehead atoms. The fourth-order valence-corrected chi connectivity index (χ4v) is 2.52. The topological polar surface area (TPSA) is 64.7 Å². The van der Waals surface area contributed by atoms with Crippen LogP contribution in [-0.4, -0.2) is 25.5 Å². The van der Waals surface area contributed by atoms with Crippen LogP contribution < -0.4 is 5.32 Å². The lowest BCUT2D eigenvalue weighted by molar-refractivity contribution is -0.144. The highest BCUT2D eigenvalue weighted by Crippen LogP contribution is 2.29. The normalized spacial score (nSPS) is 13.1. The summed E-state index contributed by atoms with van der Waals surface area (Å²) in [4.78, 5) is 12.1. The van der Waals surface area contributed by atoms with E-state index in [9.17, 15) is 18.0 Å². The van der Waals surface area contributed by atoms with Crippen LogP contribution in [-0.2, 0) is 24.1 Å². The number of aromatic nitrogens is 4. The van der Waals surface area contributed by atoms with Crippen LogP contribution in [0.15, 0.2) is 12.3 Å². The maximum atomic E-state index is 12.9. The molecule has 0 saturated carbocycles. The van der Waals surface area contributed by atoms with E-state index in [1.54, 1.807) is 11.6 Å². The molecule has 0 radical (unpaired) electrons. The summed E-state index contributed by atoms with van der Waals surface area (Å²) in [5, 5.41) is 10.7. The van der Waals surface area contributed by atoms with Gasteiger partial charge in [0, 0.05) is 18.3 Å². The minimum atomic E-state index is -4.55. The van der Waals surface area contributed by atoms with Gasteiger partial charge in [0.25, 0.3) is 0 Å². The Hall–Kier alpha value is -2.32. The molecule has 2 aromatic rings. The average Bonchev–Trinajstić information content (AvgIpc) is 3.01. The number of nitrogens with one attached hydrogen (secondary N) is 1. The molecule has 0 fully saturated rings. The Labute approximate surface area is 137 Å². The summed E-state index contributed by atoms with van der Waals surface area (Å²) in [5.41, 5.74) is 0.884.